The second kappa shape index (κ2) is 5.32. The van der Waals surface area contributed by atoms with Crippen molar-refractivity contribution in [1.82, 2.24) is 9.97 Å². The molecule has 2 rings (SSSR count). The first-order valence-electron chi connectivity index (χ1n) is 5.61. The Bertz CT molecular complexity index is 760. The fourth-order valence-electron chi connectivity index (χ4n) is 1.45. The summed E-state index contributed by atoms with van der Waals surface area (Å²) in [6.45, 7) is 1.73. The van der Waals surface area contributed by atoms with Crippen molar-refractivity contribution >= 4 is 10.1 Å². The standard InChI is InChI=1S/C12H9F3N2O3S/c1-8-4-2-5-9(16-8)10-6-3-7-11(17-10)20-21(18,19)12(13,14)15/h2-7H,1H3. The summed E-state index contributed by atoms with van der Waals surface area (Å²) < 4.78 is 62.5. The van der Waals surface area contributed by atoms with Crippen molar-refractivity contribution in [2.24, 2.45) is 0 Å². The molecule has 0 aliphatic carbocycles. The summed E-state index contributed by atoms with van der Waals surface area (Å²) in [6, 6.07) is 8.85. The minimum absolute atomic E-state index is 0.202. The number of aromatic nitrogens is 2. The maximum absolute atomic E-state index is 12.2. The molecule has 0 aliphatic heterocycles. The Balaban J connectivity index is 2.35. The molecule has 9 heteroatoms. The third-order valence-corrected chi connectivity index (χ3v) is 3.31. The molecule has 0 bridgehead atoms. The van der Waals surface area contributed by atoms with Gasteiger partial charge in [0.15, 0.2) is 0 Å². The SMILES string of the molecule is Cc1cccc(-c2cccc(OS(=O)(=O)C(F)(F)F)n2)n1. The van der Waals surface area contributed by atoms with Crippen LogP contribution in [0.5, 0.6) is 5.88 Å². The Hall–Kier alpha value is -2.16. The second-order valence-electron chi connectivity index (χ2n) is 4.01. The van der Waals surface area contributed by atoms with Crippen molar-refractivity contribution in [2.75, 3.05) is 0 Å². The van der Waals surface area contributed by atoms with Gasteiger partial charge in [0.05, 0.1) is 11.4 Å². The summed E-state index contributed by atoms with van der Waals surface area (Å²) >= 11 is 0. The van der Waals surface area contributed by atoms with Crippen LogP contribution in [-0.4, -0.2) is 23.9 Å². The van der Waals surface area contributed by atoms with Gasteiger partial charge >= 0.3 is 15.6 Å². The zero-order chi connectivity index (χ0) is 15.7. The minimum atomic E-state index is -5.74. The molecule has 0 amide bonds. The first-order chi connectivity index (χ1) is 9.69. The highest BCUT2D eigenvalue weighted by atomic mass is 32.2. The average Bonchev–Trinajstić information content (AvgIpc) is 2.37. The van der Waals surface area contributed by atoms with E-state index in [4.69, 9.17) is 0 Å². The summed E-state index contributed by atoms with van der Waals surface area (Å²) in [7, 11) is -5.74. The van der Waals surface area contributed by atoms with Crippen LogP contribution in [0.3, 0.4) is 0 Å². The molecule has 0 saturated heterocycles. The van der Waals surface area contributed by atoms with Crippen LogP contribution in [-0.2, 0) is 10.1 Å². The first kappa shape index (κ1) is 15.2. The van der Waals surface area contributed by atoms with Crippen LogP contribution >= 0.6 is 0 Å². The lowest BCUT2D eigenvalue weighted by Crippen LogP contribution is -2.28. The molecular formula is C12H9F3N2O3S. The molecule has 0 aromatic carbocycles. The number of alkyl halides is 3. The van der Waals surface area contributed by atoms with E-state index in [9.17, 15) is 21.6 Å². The van der Waals surface area contributed by atoms with Gasteiger partial charge < -0.3 is 4.18 Å². The third kappa shape index (κ3) is 3.48. The molecule has 2 heterocycles. The fourth-order valence-corrected chi connectivity index (χ4v) is 1.86. The predicted molar refractivity (Wildman–Crippen MR) is 67.8 cm³/mol. The van der Waals surface area contributed by atoms with Gasteiger partial charge in [0.2, 0.25) is 5.88 Å². The summed E-state index contributed by atoms with van der Waals surface area (Å²) in [5, 5.41) is 0. The van der Waals surface area contributed by atoms with Gasteiger partial charge in [0, 0.05) is 11.8 Å². The number of rotatable bonds is 3. The number of pyridine rings is 2. The highest BCUT2D eigenvalue weighted by Gasteiger charge is 2.48. The molecule has 0 radical (unpaired) electrons. The molecule has 0 atom stereocenters. The van der Waals surface area contributed by atoms with Gasteiger partial charge in [-0.15, -0.1) is 0 Å². The Morgan fingerprint density at radius 1 is 1.00 bits per heavy atom. The fraction of sp³-hybridized carbons (Fsp3) is 0.167. The van der Waals surface area contributed by atoms with E-state index in [1.165, 1.54) is 12.1 Å². The molecule has 0 unspecified atom stereocenters. The smallest absolute Gasteiger partial charge is 0.355 e. The Labute approximate surface area is 118 Å². The zero-order valence-electron chi connectivity index (χ0n) is 10.6. The largest absolute Gasteiger partial charge is 0.534 e. The van der Waals surface area contributed by atoms with Crippen LogP contribution in [0, 0.1) is 6.92 Å². The lowest BCUT2D eigenvalue weighted by molar-refractivity contribution is -0.0501. The van der Waals surface area contributed by atoms with E-state index in [-0.39, 0.29) is 5.69 Å². The molecule has 2 aromatic rings. The molecular weight excluding hydrogens is 309 g/mol. The lowest BCUT2D eigenvalue weighted by Gasteiger charge is -2.09. The van der Waals surface area contributed by atoms with Gasteiger partial charge in [-0.3, -0.25) is 4.98 Å². The molecule has 2 aromatic heterocycles. The predicted octanol–water partition coefficient (Wildman–Crippen LogP) is 2.68. The highest BCUT2D eigenvalue weighted by molar-refractivity contribution is 7.87. The summed E-state index contributed by atoms with van der Waals surface area (Å²) in [6.07, 6.45) is 0. The Morgan fingerprint density at radius 2 is 1.57 bits per heavy atom. The van der Waals surface area contributed by atoms with Crippen LogP contribution < -0.4 is 4.18 Å². The van der Waals surface area contributed by atoms with E-state index in [0.29, 0.717) is 11.4 Å². The van der Waals surface area contributed by atoms with E-state index in [2.05, 4.69) is 14.2 Å². The number of aryl methyl sites for hydroxylation is 1. The van der Waals surface area contributed by atoms with Crippen molar-refractivity contribution in [1.29, 1.82) is 0 Å². The molecule has 21 heavy (non-hydrogen) atoms. The van der Waals surface area contributed by atoms with Crippen molar-refractivity contribution < 1.29 is 25.8 Å². The van der Waals surface area contributed by atoms with E-state index in [0.717, 1.165) is 6.07 Å². The van der Waals surface area contributed by atoms with Crippen LogP contribution in [0.2, 0.25) is 0 Å². The normalized spacial score (nSPS) is 12.2. The van der Waals surface area contributed by atoms with Gasteiger partial charge in [-0.1, -0.05) is 12.1 Å². The number of nitrogens with zero attached hydrogens (tertiary/aromatic N) is 2. The van der Waals surface area contributed by atoms with E-state index in [1.807, 2.05) is 0 Å². The maximum atomic E-state index is 12.2. The lowest BCUT2D eigenvalue weighted by atomic mass is 10.2. The molecule has 0 fully saturated rings. The first-order valence-corrected chi connectivity index (χ1v) is 7.02. The van der Waals surface area contributed by atoms with Gasteiger partial charge in [-0.25, -0.2) is 4.98 Å². The minimum Gasteiger partial charge on any atom is -0.355 e. The second-order valence-corrected chi connectivity index (χ2v) is 5.55. The summed E-state index contributed by atoms with van der Waals surface area (Å²) in [5.41, 5.74) is -4.23. The molecule has 0 aliphatic rings. The summed E-state index contributed by atoms with van der Waals surface area (Å²) in [4.78, 5) is 7.86. The van der Waals surface area contributed by atoms with Gasteiger partial charge in [0.25, 0.3) is 0 Å². The van der Waals surface area contributed by atoms with Gasteiger partial charge in [-0.05, 0) is 25.1 Å². The van der Waals surface area contributed by atoms with Crippen LogP contribution in [0.4, 0.5) is 13.2 Å². The van der Waals surface area contributed by atoms with E-state index in [1.54, 1.807) is 25.1 Å². The Morgan fingerprint density at radius 3 is 2.14 bits per heavy atom. The van der Waals surface area contributed by atoms with Crippen molar-refractivity contribution in [3.05, 3.63) is 42.1 Å². The highest BCUT2D eigenvalue weighted by Crippen LogP contribution is 2.27. The van der Waals surface area contributed by atoms with Crippen molar-refractivity contribution in [3.8, 4) is 17.3 Å². The van der Waals surface area contributed by atoms with Crippen LogP contribution in [0.1, 0.15) is 5.69 Å². The van der Waals surface area contributed by atoms with Crippen molar-refractivity contribution in [2.45, 2.75) is 12.4 Å². The van der Waals surface area contributed by atoms with Crippen LogP contribution in [0.15, 0.2) is 36.4 Å². The van der Waals surface area contributed by atoms with E-state index >= 15 is 0 Å². The van der Waals surface area contributed by atoms with Gasteiger partial charge in [0.1, 0.15) is 0 Å². The number of halogens is 3. The third-order valence-electron chi connectivity index (χ3n) is 2.35. The Kier molecular flexibility index (Phi) is 3.86. The maximum Gasteiger partial charge on any atom is 0.534 e. The van der Waals surface area contributed by atoms with E-state index < -0.39 is 21.5 Å². The average molecular weight is 318 g/mol. The van der Waals surface area contributed by atoms with Crippen LogP contribution in [0.25, 0.3) is 11.4 Å². The van der Waals surface area contributed by atoms with Crippen molar-refractivity contribution in [3.63, 3.8) is 0 Å². The topological polar surface area (TPSA) is 69.2 Å². The van der Waals surface area contributed by atoms with Gasteiger partial charge in [-0.2, -0.15) is 21.6 Å². The summed E-state index contributed by atoms with van der Waals surface area (Å²) in [5.74, 6) is -0.673. The molecule has 0 spiro atoms. The molecule has 5 nitrogen and oxygen atoms in total. The number of hydrogen-bond donors (Lipinski definition) is 0. The zero-order valence-corrected chi connectivity index (χ0v) is 11.4. The number of hydrogen-bond acceptors (Lipinski definition) is 5. The monoisotopic (exact) mass is 318 g/mol. The molecule has 0 saturated carbocycles. The molecule has 112 valence electrons. The quantitative estimate of drug-likeness (QED) is 0.643. The molecule has 0 N–H and O–H groups in total.